The van der Waals surface area contributed by atoms with Crippen molar-refractivity contribution in [2.45, 2.75) is 13.0 Å². The molecule has 0 spiro atoms. The number of benzene rings is 1. The van der Waals surface area contributed by atoms with Gasteiger partial charge in [0, 0.05) is 7.11 Å². The number of rotatable bonds is 5. The minimum atomic E-state index is -0.350. The first-order chi connectivity index (χ1) is 7.67. The summed E-state index contributed by atoms with van der Waals surface area (Å²) in [5, 5.41) is 0. The first kappa shape index (κ1) is 12.5. The van der Waals surface area contributed by atoms with Gasteiger partial charge in [0.15, 0.2) is 0 Å². The van der Waals surface area contributed by atoms with E-state index in [1.165, 1.54) is 7.11 Å². The number of hydrogen-bond donors (Lipinski definition) is 0. The molecular weight excluding hydrogens is 208 g/mol. The zero-order valence-corrected chi connectivity index (χ0v) is 9.73. The second kappa shape index (κ2) is 6.12. The molecule has 16 heavy (non-hydrogen) atoms. The monoisotopic (exact) mass is 224 g/mol. The van der Waals surface area contributed by atoms with Crippen LogP contribution in [0, 0.1) is 0 Å². The van der Waals surface area contributed by atoms with Crippen LogP contribution in [0.1, 0.15) is 17.3 Å². The highest BCUT2D eigenvalue weighted by molar-refractivity contribution is 5.89. The number of methoxy groups -OCH3 is 2. The molecule has 0 aliphatic carbocycles. The van der Waals surface area contributed by atoms with Crippen LogP contribution >= 0.6 is 0 Å². The van der Waals surface area contributed by atoms with Crippen LogP contribution in [0.2, 0.25) is 0 Å². The lowest BCUT2D eigenvalue weighted by Crippen LogP contribution is -2.17. The molecule has 4 nitrogen and oxygen atoms in total. The third kappa shape index (κ3) is 3.55. The minimum Gasteiger partial charge on any atom is -0.488 e. The second-order valence-electron chi connectivity index (χ2n) is 3.40. The SMILES string of the molecule is COC[C@@H](C)Oc1ccc(C(=O)OC)cc1. The summed E-state index contributed by atoms with van der Waals surface area (Å²) in [4.78, 5) is 11.2. The summed E-state index contributed by atoms with van der Waals surface area (Å²) in [5.41, 5.74) is 0.509. The Morgan fingerprint density at radius 3 is 2.38 bits per heavy atom. The predicted molar refractivity (Wildman–Crippen MR) is 59.7 cm³/mol. The molecule has 0 aliphatic rings. The van der Waals surface area contributed by atoms with E-state index in [1.807, 2.05) is 6.92 Å². The standard InChI is InChI=1S/C12H16O4/c1-9(8-14-2)16-11-6-4-10(5-7-11)12(13)15-3/h4-7,9H,8H2,1-3H3/t9-/m1/s1. The van der Waals surface area contributed by atoms with Crippen molar-refractivity contribution in [2.24, 2.45) is 0 Å². The van der Waals surface area contributed by atoms with Crippen molar-refractivity contribution in [3.8, 4) is 5.75 Å². The Bertz CT molecular complexity index is 331. The predicted octanol–water partition coefficient (Wildman–Crippen LogP) is 1.89. The van der Waals surface area contributed by atoms with Crippen LogP contribution in [0.5, 0.6) is 5.75 Å². The van der Waals surface area contributed by atoms with E-state index in [0.29, 0.717) is 17.9 Å². The zero-order chi connectivity index (χ0) is 12.0. The van der Waals surface area contributed by atoms with Gasteiger partial charge in [0.05, 0.1) is 19.3 Å². The number of esters is 1. The lowest BCUT2D eigenvalue weighted by atomic mass is 10.2. The summed E-state index contributed by atoms with van der Waals surface area (Å²) < 4.78 is 15.1. The van der Waals surface area contributed by atoms with Gasteiger partial charge < -0.3 is 14.2 Å². The lowest BCUT2D eigenvalue weighted by molar-refractivity contribution is 0.0600. The van der Waals surface area contributed by atoms with Crippen molar-refractivity contribution < 1.29 is 19.0 Å². The summed E-state index contributed by atoms with van der Waals surface area (Å²) in [6.45, 7) is 2.44. The van der Waals surface area contributed by atoms with Crippen molar-refractivity contribution in [3.05, 3.63) is 29.8 Å². The molecule has 1 atom stereocenters. The Kier molecular flexibility index (Phi) is 4.79. The Morgan fingerprint density at radius 1 is 1.25 bits per heavy atom. The van der Waals surface area contributed by atoms with Gasteiger partial charge in [0.2, 0.25) is 0 Å². The van der Waals surface area contributed by atoms with Gasteiger partial charge in [-0.2, -0.15) is 0 Å². The molecule has 0 N–H and O–H groups in total. The molecule has 0 unspecified atom stereocenters. The lowest BCUT2D eigenvalue weighted by Gasteiger charge is -2.13. The first-order valence-corrected chi connectivity index (χ1v) is 5.01. The summed E-state index contributed by atoms with van der Waals surface area (Å²) in [7, 11) is 2.98. The molecule has 0 aromatic heterocycles. The van der Waals surface area contributed by atoms with Gasteiger partial charge in [-0.3, -0.25) is 0 Å². The van der Waals surface area contributed by atoms with E-state index >= 15 is 0 Å². The van der Waals surface area contributed by atoms with E-state index in [0.717, 1.165) is 0 Å². The van der Waals surface area contributed by atoms with Gasteiger partial charge in [-0.05, 0) is 31.2 Å². The maximum absolute atomic E-state index is 11.2. The van der Waals surface area contributed by atoms with E-state index in [-0.39, 0.29) is 12.1 Å². The van der Waals surface area contributed by atoms with Gasteiger partial charge in [0.1, 0.15) is 11.9 Å². The van der Waals surface area contributed by atoms with Gasteiger partial charge in [0.25, 0.3) is 0 Å². The van der Waals surface area contributed by atoms with Crippen LogP contribution in [-0.4, -0.2) is 32.9 Å². The van der Waals surface area contributed by atoms with Gasteiger partial charge >= 0.3 is 5.97 Å². The molecule has 0 bridgehead atoms. The fourth-order valence-corrected chi connectivity index (χ4v) is 1.29. The second-order valence-corrected chi connectivity index (χ2v) is 3.40. The number of carbonyl (C=O) groups is 1. The molecule has 0 amide bonds. The average Bonchev–Trinajstić information content (AvgIpc) is 2.29. The molecule has 0 radical (unpaired) electrons. The highest BCUT2D eigenvalue weighted by Crippen LogP contribution is 2.14. The summed E-state index contributed by atoms with van der Waals surface area (Å²) in [5.74, 6) is 0.355. The fraction of sp³-hybridized carbons (Fsp3) is 0.417. The van der Waals surface area contributed by atoms with Crippen LogP contribution in [0.4, 0.5) is 0 Å². The molecule has 88 valence electrons. The molecule has 0 saturated carbocycles. The molecule has 0 heterocycles. The average molecular weight is 224 g/mol. The summed E-state index contributed by atoms with van der Waals surface area (Å²) >= 11 is 0. The van der Waals surface area contributed by atoms with E-state index < -0.39 is 0 Å². The molecule has 0 aliphatic heterocycles. The van der Waals surface area contributed by atoms with E-state index in [2.05, 4.69) is 4.74 Å². The molecule has 1 rings (SSSR count). The zero-order valence-electron chi connectivity index (χ0n) is 9.73. The third-order valence-corrected chi connectivity index (χ3v) is 2.01. The van der Waals surface area contributed by atoms with E-state index in [9.17, 15) is 4.79 Å². The maximum atomic E-state index is 11.2. The van der Waals surface area contributed by atoms with E-state index in [4.69, 9.17) is 9.47 Å². The van der Waals surface area contributed by atoms with Crippen LogP contribution in [0.15, 0.2) is 24.3 Å². The topological polar surface area (TPSA) is 44.8 Å². The Labute approximate surface area is 95.1 Å². The highest BCUT2D eigenvalue weighted by Gasteiger charge is 2.06. The van der Waals surface area contributed by atoms with Gasteiger partial charge in [-0.25, -0.2) is 4.79 Å². The van der Waals surface area contributed by atoms with Gasteiger partial charge in [-0.15, -0.1) is 0 Å². The van der Waals surface area contributed by atoms with Crippen LogP contribution in [0.3, 0.4) is 0 Å². The Balaban J connectivity index is 2.61. The molecule has 0 fully saturated rings. The van der Waals surface area contributed by atoms with Crippen molar-refractivity contribution >= 4 is 5.97 Å². The van der Waals surface area contributed by atoms with Crippen LogP contribution in [0.25, 0.3) is 0 Å². The smallest absolute Gasteiger partial charge is 0.337 e. The van der Waals surface area contributed by atoms with Gasteiger partial charge in [-0.1, -0.05) is 0 Å². The fourth-order valence-electron chi connectivity index (χ4n) is 1.29. The normalized spacial score (nSPS) is 11.9. The Morgan fingerprint density at radius 2 is 1.88 bits per heavy atom. The molecule has 4 heteroatoms. The number of carbonyl (C=O) groups excluding carboxylic acids is 1. The third-order valence-electron chi connectivity index (χ3n) is 2.01. The van der Waals surface area contributed by atoms with E-state index in [1.54, 1.807) is 31.4 Å². The largest absolute Gasteiger partial charge is 0.488 e. The Hall–Kier alpha value is -1.55. The van der Waals surface area contributed by atoms with Crippen molar-refractivity contribution in [1.82, 2.24) is 0 Å². The maximum Gasteiger partial charge on any atom is 0.337 e. The molecule has 1 aromatic carbocycles. The van der Waals surface area contributed by atoms with Crippen molar-refractivity contribution in [3.63, 3.8) is 0 Å². The molecule has 1 aromatic rings. The molecular formula is C12H16O4. The number of ether oxygens (including phenoxy) is 3. The van der Waals surface area contributed by atoms with Crippen LogP contribution < -0.4 is 4.74 Å². The number of hydrogen-bond acceptors (Lipinski definition) is 4. The first-order valence-electron chi connectivity index (χ1n) is 5.01. The summed E-state index contributed by atoms with van der Waals surface area (Å²) in [6.07, 6.45) is -0.0195. The van der Waals surface area contributed by atoms with Crippen molar-refractivity contribution in [2.75, 3.05) is 20.8 Å². The van der Waals surface area contributed by atoms with Crippen LogP contribution in [-0.2, 0) is 9.47 Å². The quantitative estimate of drug-likeness (QED) is 0.716. The molecule has 0 saturated heterocycles. The van der Waals surface area contributed by atoms with Crippen molar-refractivity contribution in [1.29, 1.82) is 0 Å². The highest BCUT2D eigenvalue weighted by atomic mass is 16.5. The minimum absolute atomic E-state index is 0.0195. The summed E-state index contributed by atoms with van der Waals surface area (Å²) in [6, 6.07) is 6.80.